The van der Waals surface area contributed by atoms with Crippen LogP contribution in [-0.4, -0.2) is 23.3 Å². The number of hydrogen-bond acceptors (Lipinski definition) is 5. The summed E-state index contributed by atoms with van der Waals surface area (Å²) >= 11 is 2.95. The first-order valence-electron chi connectivity index (χ1n) is 10.6. The number of aryl methyl sites for hydroxylation is 1. The Morgan fingerprint density at radius 1 is 1.09 bits per heavy atom. The first kappa shape index (κ1) is 21.5. The van der Waals surface area contributed by atoms with E-state index in [1.807, 2.05) is 35.0 Å². The monoisotopic (exact) mass is 477 g/mol. The molecular weight excluding hydrogens is 457 g/mol. The number of halogens is 1. The molecule has 0 aliphatic carbocycles. The Kier molecular flexibility index (Phi) is 6.02. The lowest BCUT2D eigenvalue weighted by atomic mass is 9.97. The van der Waals surface area contributed by atoms with Crippen molar-refractivity contribution in [3.8, 4) is 11.3 Å². The summed E-state index contributed by atoms with van der Waals surface area (Å²) in [6, 6.07) is 15.5. The zero-order valence-corrected chi connectivity index (χ0v) is 19.2. The van der Waals surface area contributed by atoms with Crippen LogP contribution in [0.15, 0.2) is 65.4 Å². The zero-order valence-electron chi connectivity index (χ0n) is 17.6. The van der Waals surface area contributed by atoms with E-state index >= 15 is 0 Å². The summed E-state index contributed by atoms with van der Waals surface area (Å²) in [5.74, 6) is -0.576. The molecule has 0 spiro atoms. The molecule has 2 amide bonds. The van der Waals surface area contributed by atoms with Gasteiger partial charge in [-0.1, -0.05) is 12.1 Å². The van der Waals surface area contributed by atoms with Gasteiger partial charge >= 0.3 is 0 Å². The van der Waals surface area contributed by atoms with Crippen molar-refractivity contribution in [3.05, 3.63) is 87.2 Å². The topological polar surface area (TPSA) is 62.3 Å². The Hall–Kier alpha value is -3.36. The van der Waals surface area contributed by atoms with Gasteiger partial charge in [-0.05, 0) is 66.2 Å². The second-order valence-electron chi connectivity index (χ2n) is 7.75. The minimum absolute atomic E-state index is 0.0845. The van der Waals surface area contributed by atoms with Crippen molar-refractivity contribution in [1.82, 2.24) is 4.98 Å². The molecule has 0 fully saturated rings. The highest BCUT2D eigenvalue weighted by Gasteiger charge is 2.24. The van der Waals surface area contributed by atoms with Crippen molar-refractivity contribution in [2.75, 3.05) is 16.8 Å². The summed E-state index contributed by atoms with van der Waals surface area (Å²) in [5.41, 5.74) is 4.15. The molecule has 0 saturated heterocycles. The van der Waals surface area contributed by atoms with Crippen LogP contribution in [0.4, 0.5) is 15.2 Å². The van der Waals surface area contributed by atoms with Crippen LogP contribution >= 0.6 is 22.7 Å². The van der Waals surface area contributed by atoms with E-state index in [4.69, 9.17) is 0 Å². The Morgan fingerprint density at radius 2 is 1.94 bits per heavy atom. The van der Waals surface area contributed by atoms with Crippen LogP contribution in [0.2, 0.25) is 0 Å². The molecule has 166 valence electrons. The molecule has 8 heteroatoms. The van der Waals surface area contributed by atoms with Gasteiger partial charge in [0.1, 0.15) is 5.82 Å². The molecule has 1 aliphatic heterocycles. The van der Waals surface area contributed by atoms with Gasteiger partial charge in [0, 0.05) is 33.6 Å². The summed E-state index contributed by atoms with van der Waals surface area (Å²) in [6.07, 6.45) is 2.05. The minimum Gasteiger partial charge on any atom is -0.308 e. The number of nitrogens with zero attached hydrogens (tertiary/aromatic N) is 2. The normalized spacial score (nSPS) is 12.9. The predicted molar refractivity (Wildman–Crippen MR) is 131 cm³/mol. The number of rotatable bonds is 5. The molecule has 0 unspecified atom stereocenters. The van der Waals surface area contributed by atoms with Gasteiger partial charge in [-0.25, -0.2) is 9.37 Å². The molecule has 2 aromatic heterocycles. The molecule has 2 aromatic carbocycles. The second-order valence-corrected chi connectivity index (χ2v) is 9.64. The highest BCUT2D eigenvalue weighted by molar-refractivity contribution is 7.14. The third kappa shape index (κ3) is 4.72. The molecule has 5 rings (SSSR count). The van der Waals surface area contributed by atoms with Gasteiger partial charge in [0.15, 0.2) is 5.13 Å². The fourth-order valence-electron chi connectivity index (χ4n) is 3.91. The van der Waals surface area contributed by atoms with Crippen LogP contribution in [-0.2, 0) is 17.6 Å². The van der Waals surface area contributed by atoms with E-state index in [0.717, 1.165) is 40.2 Å². The van der Waals surface area contributed by atoms with Crippen LogP contribution in [0, 0.1) is 5.82 Å². The number of amides is 2. The Labute approximate surface area is 198 Å². The van der Waals surface area contributed by atoms with E-state index in [1.54, 1.807) is 16.2 Å². The van der Waals surface area contributed by atoms with Crippen LogP contribution in [0.1, 0.15) is 27.2 Å². The smallest absolute Gasteiger partial charge is 0.258 e. The third-order valence-corrected chi connectivity index (χ3v) is 7.13. The summed E-state index contributed by atoms with van der Waals surface area (Å²) in [5, 5.41) is 7.32. The third-order valence-electron chi connectivity index (χ3n) is 5.50. The standard InChI is InChI=1S/C25H20FN3O2S2/c26-19-8-5-16(6-9-19)24(31)29-11-1-3-18-13-17(7-10-22(18)29)21-15-33-25(27-21)28-23(30)14-20-4-2-12-32-20/h2,4-10,12-13,15H,1,3,11,14H2,(H,27,28,30). The van der Waals surface area contributed by atoms with Gasteiger partial charge in [-0.2, -0.15) is 0 Å². The van der Waals surface area contributed by atoms with Crippen molar-refractivity contribution in [2.24, 2.45) is 0 Å². The number of thiazole rings is 1. The Morgan fingerprint density at radius 3 is 2.73 bits per heavy atom. The predicted octanol–water partition coefficient (Wildman–Crippen LogP) is 5.78. The fraction of sp³-hybridized carbons (Fsp3) is 0.160. The average molecular weight is 478 g/mol. The average Bonchev–Trinajstić information content (AvgIpc) is 3.50. The van der Waals surface area contributed by atoms with Crippen LogP contribution < -0.4 is 10.2 Å². The zero-order chi connectivity index (χ0) is 22.8. The van der Waals surface area contributed by atoms with Gasteiger partial charge in [0.2, 0.25) is 5.91 Å². The highest BCUT2D eigenvalue weighted by atomic mass is 32.1. The van der Waals surface area contributed by atoms with E-state index < -0.39 is 0 Å². The van der Waals surface area contributed by atoms with Crippen molar-refractivity contribution in [3.63, 3.8) is 0 Å². The van der Waals surface area contributed by atoms with E-state index in [9.17, 15) is 14.0 Å². The van der Waals surface area contributed by atoms with Crippen molar-refractivity contribution >= 4 is 45.3 Å². The molecule has 3 heterocycles. The number of thiophene rings is 1. The number of anilines is 2. The maximum absolute atomic E-state index is 13.2. The van der Waals surface area contributed by atoms with Crippen LogP contribution in [0.25, 0.3) is 11.3 Å². The number of hydrogen-bond donors (Lipinski definition) is 1. The number of nitrogens with one attached hydrogen (secondary N) is 1. The van der Waals surface area contributed by atoms with Crippen LogP contribution in [0.3, 0.4) is 0 Å². The van der Waals surface area contributed by atoms with Gasteiger partial charge < -0.3 is 10.2 Å². The Bertz CT molecular complexity index is 1300. The number of benzene rings is 2. The van der Waals surface area contributed by atoms with Crippen molar-refractivity contribution < 1.29 is 14.0 Å². The number of carbonyl (C=O) groups excluding carboxylic acids is 2. The summed E-state index contributed by atoms with van der Waals surface area (Å²) in [6.45, 7) is 0.625. The van der Waals surface area contributed by atoms with Gasteiger partial charge in [0.25, 0.3) is 5.91 Å². The molecule has 1 aliphatic rings. The molecule has 0 saturated carbocycles. The SMILES string of the molecule is O=C(Cc1cccs1)Nc1nc(-c2ccc3c(c2)CCCN3C(=O)c2ccc(F)cc2)cs1. The number of fused-ring (bicyclic) bond motifs is 1. The van der Waals surface area contributed by atoms with Crippen LogP contribution in [0.5, 0.6) is 0 Å². The van der Waals surface area contributed by atoms with Crippen molar-refractivity contribution in [2.45, 2.75) is 19.3 Å². The summed E-state index contributed by atoms with van der Waals surface area (Å²) in [7, 11) is 0. The number of carbonyl (C=O) groups is 2. The summed E-state index contributed by atoms with van der Waals surface area (Å²) in [4.78, 5) is 32.6. The highest BCUT2D eigenvalue weighted by Crippen LogP contribution is 2.33. The van der Waals surface area contributed by atoms with E-state index in [-0.39, 0.29) is 17.6 Å². The lowest BCUT2D eigenvalue weighted by Crippen LogP contribution is -2.35. The Balaban J connectivity index is 1.33. The molecule has 1 N–H and O–H groups in total. The van der Waals surface area contributed by atoms with Gasteiger partial charge in [0.05, 0.1) is 12.1 Å². The minimum atomic E-state index is -0.361. The molecule has 33 heavy (non-hydrogen) atoms. The lowest BCUT2D eigenvalue weighted by Gasteiger charge is -2.30. The maximum atomic E-state index is 13.2. The molecular formula is C25H20FN3O2S2. The number of aromatic nitrogens is 1. The largest absolute Gasteiger partial charge is 0.308 e. The maximum Gasteiger partial charge on any atom is 0.258 e. The quantitative estimate of drug-likeness (QED) is 0.396. The molecule has 5 nitrogen and oxygen atoms in total. The second kappa shape index (κ2) is 9.25. The molecule has 0 bridgehead atoms. The molecule has 4 aromatic rings. The first-order valence-corrected chi connectivity index (χ1v) is 12.3. The first-order chi connectivity index (χ1) is 16.1. The van der Waals surface area contributed by atoms with E-state index in [2.05, 4.69) is 16.4 Å². The van der Waals surface area contributed by atoms with E-state index in [1.165, 1.54) is 35.6 Å². The molecule has 0 radical (unpaired) electrons. The van der Waals surface area contributed by atoms with Gasteiger partial charge in [-0.3, -0.25) is 9.59 Å². The van der Waals surface area contributed by atoms with Crippen molar-refractivity contribution in [1.29, 1.82) is 0 Å². The van der Waals surface area contributed by atoms with Gasteiger partial charge in [-0.15, -0.1) is 22.7 Å². The fourth-order valence-corrected chi connectivity index (χ4v) is 5.35. The summed E-state index contributed by atoms with van der Waals surface area (Å²) < 4.78 is 13.2. The van der Waals surface area contributed by atoms with E-state index in [0.29, 0.717) is 23.7 Å². The lowest BCUT2D eigenvalue weighted by molar-refractivity contribution is -0.115. The molecule has 0 atom stereocenters.